The van der Waals surface area contributed by atoms with E-state index < -0.39 is 34.5 Å². The standard InChI is InChI=1S/C14H8BrF5O/c15-13(12-9(17)5-7(16)6-10(12)18)8-3-1-2-4-11(8)21-14(19)20/h1-6,13-14H. The van der Waals surface area contributed by atoms with E-state index in [4.69, 9.17) is 0 Å². The van der Waals surface area contributed by atoms with Crippen molar-refractivity contribution in [2.75, 3.05) is 0 Å². The van der Waals surface area contributed by atoms with Gasteiger partial charge in [-0.3, -0.25) is 0 Å². The summed E-state index contributed by atoms with van der Waals surface area (Å²) in [5, 5.41) is 0. The van der Waals surface area contributed by atoms with Crippen LogP contribution in [-0.4, -0.2) is 6.61 Å². The Morgan fingerprint density at radius 1 is 0.952 bits per heavy atom. The van der Waals surface area contributed by atoms with Gasteiger partial charge in [-0.25, -0.2) is 13.2 Å². The minimum absolute atomic E-state index is 0.0993. The highest BCUT2D eigenvalue weighted by atomic mass is 79.9. The third kappa shape index (κ3) is 3.53. The zero-order valence-corrected chi connectivity index (χ0v) is 11.9. The minimum Gasteiger partial charge on any atom is -0.434 e. The van der Waals surface area contributed by atoms with Crippen molar-refractivity contribution < 1.29 is 26.7 Å². The van der Waals surface area contributed by atoms with E-state index in [-0.39, 0.29) is 11.3 Å². The van der Waals surface area contributed by atoms with Crippen LogP contribution < -0.4 is 4.74 Å². The predicted molar refractivity (Wildman–Crippen MR) is 70.2 cm³/mol. The van der Waals surface area contributed by atoms with Crippen molar-refractivity contribution in [3.05, 3.63) is 65.0 Å². The van der Waals surface area contributed by atoms with Gasteiger partial charge in [-0.2, -0.15) is 8.78 Å². The highest BCUT2D eigenvalue weighted by molar-refractivity contribution is 9.09. The van der Waals surface area contributed by atoms with Gasteiger partial charge in [0.1, 0.15) is 23.2 Å². The fraction of sp³-hybridized carbons (Fsp3) is 0.143. The molecule has 0 bridgehead atoms. The molecule has 0 aliphatic carbocycles. The molecule has 0 spiro atoms. The number of ether oxygens (including phenoxy) is 1. The molecular formula is C14H8BrF5O. The largest absolute Gasteiger partial charge is 0.434 e. The van der Waals surface area contributed by atoms with E-state index in [0.29, 0.717) is 12.1 Å². The highest BCUT2D eigenvalue weighted by Gasteiger charge is 2.24. The van der Waals surface area contributed by atoms with Crippen molar-refractivity contribution in [3.8, 4) is 5.75 Å². The number of halogens is 6. The Balaban J connectivity index is 2.48. The van der Waals surface area contributed by atoms with Gasteiger partial charge in [-0.15, -0.1) is 0 Å². The first-order valence-corrected chi connectivity index (χ1v) is 6.64. The molecule has 1 unspecified atom stereocenters. The summed E-state index contributed by atoms with van der Waals surface area (Å²) in [4.78, 5) is -1.10. The molecule has 0 saturated heterocycles. The normalized spacial score (nSPS) is 12.5. The Labute approximate surface area is 125 Å². The molecule has 0 heterocycles. The smallest absolute Gasteiger partial charge is 0.387 e. The van der Waals surface area contributed by atoms with E-state index in [1.165, 1.54) is 24.3 Å². The van der Waals surface area contributed by atoms with Gasteiger partial charge in [-0.05, 0) is 6.07 Å². The van der Waals surface area contributed by atoms with E-state index >= 15 is 0 Å². The lowest BCUT2D eigenvalue weighted by Crippen LogP contribution is -2.07. The lowest BCUT2D eigenvalue weighted by molar-refractivity contribution is -0.0503. The van der Waals surface area contributed by atoms with E-state index in [1.807, 2.05) is 0 Å². The summed E-state index contributed by atoms with van der Waals surface area (Å²) < 4.78 is 69.4. The summed E-state index contributed by atoms with van der Waals surface area (Å²) in [6.07, 6.45) is 0. The van der Waals surface area contributed by atoms with E-state index in [1.54, 1.807) is 0 Å². The molecule has 112 valence electrons. The molecule has 0 N–H and O–H groups in total. The lowest BCUT2D eigenvalue weighted by Gasteiger charge is -2.17. The summed E-state index contributed by atoms with van der Waals surface area (Å²) in [7, 11) is 0. The Morgan fingerprint density at radius 2 is 1.52 bits per heavy atom. The molecule has 2 aromatic rings. The second-order valence-corrected chi connectivity index (χ2v) is 4.98. The molecule has 0 aliphatic heterocycles. The van der Waals surface area contributed by atoms with E-state index in [0.717, 1.165) is 0 Å². The van der Waals surface area contributed by atoms with Crippen LogP contribution in [-0.2, 0) is 0 Å². The Morgan fingerprint density at radius 3 is 2.10 bits per heavy atom. The molecule has 0 aliphatic rings. The van der Waals surface area contributed by atoms with Gasteiger partial charge in [0.15, 0.2) is 0 Å². The Hall–Kier alpha value is -1.63. The van der Waals surface area contributed by atoms with Crippen LogP contribution in [0, 0.1) is 17.5 Å². The molecule has 1 atom stereocenters. The summed E-state index contributed by atoms with van der Waals surface area (Å²) >= 11 is 3.03. The fourth-order valence-corrected chi connectivity index (χ4v) is 2.66. The van der Waals surface area contributed by atoms with Gasteiger partial charge in [0, 0.05) is 23.3 Å². The molecule has 2 aromatic carbocycles. The van der Waals surface area contributed by atoms with Crippen molar-refractivity contribution in [2.24, 2.45) is 0 Å². The Kier molecular flexibility index (Phi) is 4.82. The second kappa shape index (κ2) is 6.43. The molecule has 7 heteroatoms. The number of rotatable bonds is 4. The van der Waals surface area contributed by atoms with E-state index in [9.17, 15) is 22.0 Å². The number of para-hydroxylation sites is 1. The van der Waals surface area contributed by atoms with Gasteiger partial charge in [0.05, 0.1) is 4.83 Å². The number of alkyl halides is 3. The fourth-order valence-electron chi connectivity index (χ4n) is 1.84. The molecule has 1 nitrogen and oxygen atoms in total. The summed E-state index contributed by atoms with van der Waals surface area (Å²) in [6.45, 7) is -3.08. The highest BCUT2D eigenvalue weighted by Crippen LogP contribution is 2.39. The molecule has 0 amide bonds. The maximum atomic E-state index is 13.7. The van der Waals surface area contributed by atoms with Gasteiger partial charge in [0.2, 0.25) is 0 Å². The van der Waals surface area contributed by atoms with Crippen LogP contribution in [0.25, 0.3) is 0 Å². The number of benzene rings is 2. The average Bonchev–Trinajstić information content (AvgIpc) is 2.37. The van der Waals surface area contributed by atoms with Crippen LogP contribution in [0.1, 0.15) is 16.0 Å². The third-order valence-electron chi connectivity index (χ3n) is 2.71. The minimum atomic E-state index is -3.08. The van der Waals surface area contributed by atoms with Crippen molar-refractivity contribution in [1.29, 1.82) is 0 Å². The van der Waals surface area contributed by atoms with Crippen LogP contribution in [0.4, 0.5) is 22.0 Å². The first kappa shape index (κ1) is 15.8. The topological polar surface area (TPSA) is 9.23 Å². The molecule has 2 rings (SSSR count). The van der Waals surface area contributed by atoms with Gasteiger partial charge in [-0.1, -0.05) is 34.1 Å². The zero-order chi connectivity index (χ0) is 15.6. The van der Waals surface area contributed by atoms with Crippen LogP contribution >= 0.6 is 15.9 Å². The van der Waals surface area contributed by atoms with Crippen LogP contribution in [0.2, 0.25) is 0 Å². The van der Waals surface area contributed by atoms with Gasteiger partial charge >= 0.3 is 6.61 Å². The van der Waals surface area contributed by atoms with Crippen LogP contribution in [0.15, 0.2) is 36.4 Å². The maximum Gasteiger partial charge on any atom is 0.387 e. The summed E-state index contributed by atoms with van der Waals surface area (Å²) in [5.41, 5.74) is -0.385. The first-order valence-electron chi connectivity index (χ1n) is 5.72. The molecular weight excluding hydrogens is 359 g/mol. The molecule has 0 aromatic heterocycles. The lowest BCUT2D eigenvalue weighted by atomic mass is 10.0. The second-order valence-electron chi connectivity index (χ2n) is 4.06. The average molecular weight is 367 g/mol. The van der Waals surface area contributed by atoms with Crippen LogP contribution in [0.5, 0.6) is 5.75 Å². The SMILES string of the molecule is Fc1cc(F)c(C(Br)c2ccccc2OC(F)F)c(F)c1. The molecule has 0 radical (unpaired) electrons. The first-order chi connectivity index (χ1) is 9.90. The summed E-state index contributed by atoms with van der Waals surface area (Å²) in [6, 6.07) is 6.60. The predicted octanol–water partition coefficient (Wildman–Crippen LogP) is 5.19. The van der Waals surface area contributed by atoms with Crippen molar-refractivity contribution in [1.82, 2.24) is 0 Å². The van der Waals surface area contributed by atoms with Crippen LogP contribution in [0.3, 0.4) is 0 Å². The van der Waals surface area contributed by atoms with Gasteiger partial charge < -0.3 is 4.74 Å². The molecule has 0 saturated carbocycles. The van der Waals surface area contributed by atoms with Crippen molar-refractivity contribution >= 4 is 15.9 Å². The van der Waals surface area contributed by atoms with Crippen molar-refractivity contribution in [2.45, 2.75) is 11.4 Å². The zero-order valence-electron chi connectivity index (χ0n) is 10.3. The van der Waals surface area contributed by atoms with E-state index in [2.05, 4.69) is 20.7 Å². The summed E-state index contributed by atoms with van der Waals surface area (Å²) in [5.74, 6) is -3.54. The monoisotopic (exact) mass is 366 g/mol. The number of hydrogen-bond donors (Lipinski definition) is 0. The Bertz CT molecular complexity index is 624. The van der Waals surface area contributed by atoms with Crippen molar-refractivity contribution in [3.63, 3.8) is 0 Å². The third-order valence-corrected chi connectivity index (χ3v) is 3.66. The molecule has 0 fully saturated rings. The van der Waals surface area contributed by atoms with Gasteiger partial charge in [0.25, 0.3) is 0 Å². The molecule has 21 heavy (non-hydrogen) atoms. The number of hydrogen-bond acceptors (Lipinski definition) is 1. The maximum absolute atomic E-state index is 13.7. The quantitative estimate of drug-likeness (QED) is 0.534.